The van der Waals surface area contributed by atoms with Crippen LogP contribution in [0, 0.1) is 39.9 Å². The Labute approximate surface area is 408 Å². The van der Waals surface area contributed by atoms with Gasteiger partial charge in [-0.15, -0.1) is 0 Å². The first-order valence-corrected chi connectivity index (χ1v) is 26.7. The molecular formula is C53H60N2O12S2. The number of benzene rings is 2. The van der Waals surface area contributed by atoms with Crippen LogP contribution in [0.25, 0.3) is 0 Å². The van der Waals surface area contributed by atoms with E-state index < -0.39 is 75.8 Å². The van der Waals surface area contributed by atoms with Crippen molar-refractivity contribution in [1.82, 2.24) is 10.6 Å². The fourth-order valence-corrected chi connectivity index (χ4v) is 17.5. The van der Waals surface area contributed by atoms with Crippen LogP contribution in [0.3, 0.4) is 0 Å². The Morgan fingerprint density at radius 2 is 1.83 bits per heavy atom. The third-order valence-electron chi connectivity index (χ3n) is 17.7. The van der Waals surface area contributed by atoms with Gasteiger partial charge in [-0.05, 0) is 115 Å². The molecule has 0 amide bonds. The van der Waals surface area contributed by atoms with Crippen molar-refractivity contribution in [2.24, 2.45) is 39.9 Å². The third kappa shape index (κ3) is 6.83. The summed E-state index contributed by atoms with van der Waals surface area (Å²) in [6.07, 6.45) is 10.2. The van der Waals surface area contributed by atoms with Gasteiger partial charge in [0.1, 0.15) is 46.6 Å². The van der Waals surface area contributed by atoms with Crippen LogP contribution in [0.15, 0.2) is 101 Å². The lowest BCUT2D eigenvalue weighted by Crippen LogP contribution is -2.78. The first-order chi connectivity index (χ1) is 33.3. The maximum atomic E-state index is 15.9. The van der Waals surface area contributed by atoms with Gasteiger partial charge < -0.3 is 60.6 Å². The number of allylic oxidation sites excluding steroid dienone is 6. The Hall–Kier alpha value is -4.23. The minimum Gasteiger partial charge on any atom is -0.511 e. The molecule has 2 aromatic carbocycles. The maximum absolute atomic E-state index is 15.9. The molecule has 6 aliphatic carbocycles. The van der Waals surface area contributed by atoms with E-state index in [1.54, 1.807) is 30.4 Å². The number of aliphatic hydroxyl groups excluding tert-OH is 6. The first kappa shape index (κ1) is 47.1. The molecule has 2 saturated carbocycles. The number of carbonyl (C=O) groups is 3. The number of hydrogen-bond acceptors (Lipinski definition) is 16. The lowest BCUT2D eigenvalue weighted by Gasteiger charge is -2.62. The number of rotatable bonds is 8. The van der Waals surface area contributed by atoms with Gasteiger partial charge in [-0.25, -0.2) is 0 Å². The van der Waals surface area contributed by atoms with Crippen molar-refractivity contribution >= 4 is 39.4 Å². The van der Waals surface area contributed by atoms with Gasteiger partial charge in [0.2, 0.25) is 6.29 Å². The molecule has 2 aromatic rings. The van der Waals surface area contributed by atoms with Crippen molar-refractivity contribution in [3.05, 3.63) is 123 Å². The molecule has 0 radical (unpaired) electrons. The zero-order chi connectivity index (χ0) is 48.1. The number of Topliss-reactive ketones (excluding diaryl/α,β-unsaturated/α-hetero) is 2. The van der Waals surface area contributed by atoms with Gasteiger partial charge in [-0.3, -0.25) is 9.59 Å². The summed E-state index contributed by atoms with van der Waals surface area (Å²) in [5, 5.41) is 89.1. The normalized spacial score (nSPS) is 39.8. The number of fused-ring (bicyclic) bond motifs is 2. The Balaban J connectivity index is 1.08. The predicted molar refractivity (Wildman–Crippen MR) is 257 cm³/mol. The summed E-state index contributed by atoms with van der Waals surface area (Å²) in [5.74, 6) is -2.93. The molecule has 1 saturated heterocycles. The highest BCUT2D eigenvalue weighted by molar-refractivity contribution is 8.76. The Morgan fingerprint density at radius 1 is 1.00 bits per heavy atom. The van der Waals surface area contributed by atoms with Gasteiger partial charge in [0, 0.05) is 41.2 Å². The van der Waals surface area contributed by atoms with E-state index in [-0.39, 0.29) is 65.9 Å². The minimum atomic E-state index is -2.42. The molecule has 13 atom stereocenters. The van der Waals surface area contributed by atoms with Gasteiger partial charge in [0.25, 0.3) is 0 Å². The first-order valence-electron chi connectivity index (χ1n) is 24.4. The summed E-state index contributed by atoms with van der Waals surface area (Å²) in [6, 6.07) is 11.9. The van der Waals surface area contributed by atoms with Crippen LogP contribution in [-0.2, 0) is 22.6 Å². The Bertz CT molecular complexity index is 2630. The number of carbonyl (C=O) groups excluding carboxylic acids is 3. The summed E-state index contributed by atoms with van der Waals surface area (Å²) in [7, 11) is 2.77. The average Bonchev–Trinajstić information content (AvgIpc) is 3.92. The monoisotopic (exact) mass is 980 g/mol. The number of aldehydes is 1. The fourth-order valence-electron chi connectivity index (χ4n) is 14.6. The van der Waals surface area contributed by atoms with Crippen LogP contribution >= 0.6 is 21.6 Å². The van der Waals surface area contributed by atoms with Gasteiger partial charge >= 0.3 is 0 Å². The minimum absolute atomic E-state index is 0.0195. The highest BCUT2D eigenvalue weighted by Crippen LogP contribution is 2.72. The summed E-state index contributed by atoms with van der Waals surface area (Å²) in [4.78, 5) is 44.1. The van der Waals surface area contributed by atoms with Crippen molar-refractivity contribution < 1.29 is 59.6 Å². The van der Waals surface area contributed by atoms with Crippen LogP contribution in [0.1, 0.15) is 89.6 Å². The zero-order valence-corrected chi connectivity index (χ0v) is 39.9. The van der Waals surface area contributed by atoms with E-state index in [0.717, 1.165) is 61.5 Å². The number of aliphatic hydroxyl groups is 7. The second-order valence-corrected chi connectivity index (χ2v) is 23.5. The molecule has 9 N–H and O–H groups in total. The summed E-state index contributed by atoms with van der Waals surface area (Å²) < 4.78 is 13.0. The van der Waals surface area contributed by atoms with E-state index in [4.69, 9.17) is 9.47 Å². The second kappa shape index (κ2) is 17.5. The smallest absolute Gasteiger partial charge is 0.230 e. The number of nitrogens with one attached hydrogen (secondary N) is 2. The van der Waals surface area contributed by atoms with Gasteiger partial charge in [0.05, 0.1) is 36.4 Å². The summed E-state index contributed by atoms with van der Waals surface area (Å²) in [6.45, 7) is -0.681. The zero-order valence-electron chi connectivity index (χ0n) is 38.2. The van der Waals surface area contributed by atoms with Crippen molar-refractivity contribution in [3.8, 4) is 5.75 Å². The van der Waals surface area contributed by atoms with Gasteiger partial charge in [-0.1, -0.05) is 82.6 Å². The van der Waals surface area contributed by atoms with Gasteiger partial charge in [0.15, 0.2) is 11.6 Å². The molecule has 11 rings (SSSR count). The molecular weight excluding hydrogens is 921 g/mol. The molecule has 14 nitrogen and oxygen atoms in total. The van der Waals surface area contributed by atoms with Crippen LogP contribution in [0.4, 0.5) is 0 Å². The van der Waals surface area contributed by atoms with Crippen molar-refractivity contribution in [2.45, 2.75) is 106 Å². The maximum Gasteiger partial charge on any atom is 0.230 e. The lowest BCUT2D eigenvalue weighted by molar-refractivity contribution is -0.356. The van der Waals surface area contributed by atoms with Crippen LogP contribution in [-0.4, -0.2) is 114 Å². The molecule has 3 spiro atoms. The molecule has 16 heteroatoms. The van der Waals surface area contributed by atoms with E-state index in [1.807, 2.05) is 18.2 Å². The second-order valence-electron chi connectivity index (χ2n) is 20.9. The van der Waals surface area contributed by atoms with E-state index in [1.165, 1.54) is 39.8 Å². The number of dihydropyridines is 1. The van der Waals surface area contributed by atoms with E-state index in [2.05, 4.69) is 16.7 Å². The molecule has 3 fully saturated rings. The predicted octanol–water partition coefficient (Wildman–Crippen LogP) is 4.89. The van der Waals surface area contributed by atoms with E-state index in [9.17, 15) is 40.5 Å². The summed E-state index contributed by atoms with van der Waals surface area (Å²) >= 11 is 0. The lowest BCUT2D eigenvalue weighted by atomic mass is 9.49. The Kier molecular flexibility index (Phi) is 12.0. The molecule has 69 heavy (non-hydrogen) atoms. The van der Waals surface area contributed by atoms with E-state index in [0.29, 0.717) is 42.2 Å². The largest absolute Gasteiger partial charge is 0.511 e. The molecule has 3 heterocycles. The molecule has 366 valence electrons. The average molecular weight is 981 g/mol. The van der Waals surface area contributed by atoms with Crippen molar-refractivity contribution in [1.29, 1.82) is 0 Å². The van der Waals surface area contributed by atoms with Crippen LogP contribution in [0.5, 0.6) is 5.75 Å². The Morgan fingerprint density at radius 3 is 2.62 bits per heavy atom. The van der Waals surface area contributed by atoms with Crippen LogP contribution in [0.2, 0.25) is 0 Å². The van der Waals surface area contributed by atoms with Crippen molar-refractivity contribution in [3.63, 3.8) is 0 Å². The topological polar surface area (TPSA) is 235 Å². The highest BCUT2D eigenvalue weighted by atomic mass is 33.1. The molecule has 0 aromatic heterocycles. The summed E-state index contributed by atoms with van der Waals surface area (Å²) in [5.41, 5.74) is -3.41. The van der Waals surface area contributed by atoms with Crippen molar-refractivity contribution in [2.75, 3.05) is 25.6 Å². The standard InChI is InChI=1S/C53H60N2O12S2/c56-16-4-10-41-52-37(19-31(20-40(52)60)18-29-5-1-6-30(17-29)24-57)44(61)35-8-2-9-38(43(35)45(52)62)66-47-46(63)53(65)39(13-15-50(27-59,67-47)48(53)64)51-26-49(14-3-7-34(49)25-58)22-33(51)12-11-32-23-54-42(21-36(32)51)55-28-68-69-41/h1-2,5-6,8-9,13,15,17,19-21,25,33-34,37,39,41,46-48,54-57,59-60,63-65H,3-4,7,10-12,14,16,18,22-24,26-28H2. The molecule has 3 aliphatic heterocycles. The van der Waals surface area contributed by atoms with Crippen LogP contribution < -0.4 is 15.4 Å². The quantitative estimate of drug-likeness (QED) is 0.0973. The molecule has 7 bridgehead atoms. The molecule has 9 aliphatic rings. The van der Waals surface area contributed by atoms with E-state index >= 15 is 9.59 Å². The number of ketones is 2. The number of hydrogen-bond donors (Lipinski definition) is 9. The highest BCUT2D eigenvalue weighted by Gasteiger charge is 2.74. The SMILES string of the molecule is O=CC1CCCC12CC1CCC3=C4C=C(NCSSC(CCCO)C56C(=O)c7c(cccc7C(=O)C5C=C(Cc5cccc(CO)c5)C=C6O)OC5OC6(CO)C=CC(C41C2)C(O)(C5O)C6O)NC3. The molecule has 13 unspecified atom stereocenters. The number of ether oxygens (including phenoxy) is 2. The third-order valence-corrected chi connectivity index (χ3v) is 20.4. The van der Waals surface area contributed by atoms with Gasteiger partial charge in [-0.2, -0.15) is 0 Å². The fraction of sp³-hybridized carbons (Fsp3) is 0.528.